The molecule has 2 aromatic carbocycles. The molecule has 0 saturated heterocycles. The van der Waals surface area contributed by atoms with Gasteiger partial charge in [-0.3, -0.25) is 9.59 Å². The highest BCUT2D eigenvalue weighted by Gasteiger charge is 2.17. The van der Waals surface area contributed by atoms with Gasteiger partial charge in [0, 0.05) is 12.2 Å². The molecule has 1 heterocycles. The molecule has 0 bridgehead atoms. The van der Waals surface area contributed by atoms with Crippen LogP contribution in [0.1, 0.15) is 25.9 Å². The molecule has 1 aromatic heterocycles. The maximum Gasteiger partial charge on any atom is 0.267 e. The minimum Gasteiger partial charge on any atom is -0.352 e. The molecule has 3 aromatic rings. The van der Waals surface area contributed by atoms with Crippen molar-refractivity contribution in [3.05, 3.63) is 81.8 Å². The minimum atomic E-state index is -0.206. The van der Waals surface area contributed by atoms with Crippen LogP contribution in [0, 0.1) is 6.92 Å². The van der Waals surface area contributed by atoms with E-state index in [0.29, 0.717) is 22.1 Å². The van der Waals surface area contributed by atoms with E-state index >= 15 is 0 Å². The lowest BCUT2D eigenvalue weighted by atomic mass is 10.2. The topological polar surface area (TPSA) is 71.1 Å². The van der Waals surface area contributed by atoms with Gasteiger partial charge in [0.2, 0.25) is 5.91 Å². The van der Waals surface area contributed by atoms with Gasteiger partial charge in [0.15, 0.2) is 0 Å². The van der Waals surface area contributed by atoms with Crippen LogP contribution in [0.3, 0.4) is 0 Å². The van der Waals surface area contributed by atoms with Gasteiger partial charge in [-0.25, -0.2) is 4.98 Å². The smallest absolute Gasteiger partial charge is 0.267 e. The van der Waals surface area contributed by atoms with E-state index in [1.807, 2.05) is 60.7 Å². The first-order chi connectivity index (χ1) is 12.6. The van der Waals surface area contributed by atoms with Gasteiger partial charge in [-0.15, -0.1) is 11.3 Å². The monoisotopic (exact) mass is 365 g/mol. The Balaban J connectivity index is 1.59. The molecule has 132 valence electrons. The second-order valence-electron chi connectivity index (χ2n) is 5.78. The molecule has 6 heteroatoms. The molecule has 5 nitrogen and oxygen atoms in total. The second kappa shape index (κ2) is 8.40. The SMILES string of the molecule is Cc1nc(CC(=O)NCc2ccccc2)sc1C(=O)Nc1ccccc1. The Kier molecular flexibility index (Phi) is 5.76. The van der Waals surface area contributed by atoms with Crippen molar-refractivity contribution in [2.75, 3.05) is 5.32 Å². The van der Waals surface area contributed by atoms with E-state index in [9.17, 15) is 9.59 Å². The van der Waals surface area contributed by atoms with Gasteiger partial charge >= 0.3 is 0 Å². The number of aryl methyl sites for hydroxylation is 1. The van der Waals surface area contributed by atoms with Gasteiger partial charge in [0.25, 0.3) is 5.91 Å². The largest absolute Gasteiger partial charge is 0.352 e. The maximum absolute atomic E-state index is 12.4. The number of para-hydroxylation sites is 1. The Morgan fingerprint density at radius 2 is 1.65 bits per heavy atom. The highest BCUT2D eigenvalue weighted by molar-refractivity contribution is 7.14. The van der Waals surface area contributed by atoms with Gasteiger partial charge in [-0.2, -0.15) is 0 Å². The van der Waals surface area contributed by atoms with Crippen LogP contribution in [0.25, 0.3) is 0 Å². The summed E-state index contributed by atoms with van der Waals surface area (Å²) in [5.41, 5.74) is 2.40. The molecular weight excluding hydrogens is 346 g/mol. The van der Waals surface area contributed by atoms with Gasteiger partial charge in [-0.05, 0) is 24.6 Å². The lowest BCUT2D eigenvalue weighted by Crippen LogP contribution is -2.24. The number of thiazole rings is 1. The Labute approximate surface area is 156 Å². The van der Waals surface area contributed by atoms with Crippen LogP contribution in [0.15, 0.2) is 60.7 Å². The first kappa shape index (κ1) is 17.8. The number of rotatable bonds is 6. The van der Waals surface area contributed by atoms with Crippen LogP contribution in [0.4, 0.5) is 5.69 Å². The summed E-state index contributed by atoms with van der Waals surface area (Å²) in [5, 5.41) is 6.35. The summed E-state index contributed by atoms with van der Waals surface area (Å²) >= 11 is 1.25. The minimum absolute atomic E-state index is 0.113. The molecule has 0 atom stereocenters. The third-order valence-electron chi connectivity index (χ3n) is 3.72. The summed E-state index contributed by atoms with van der Waals surface area (Å²) in [7, 11) is 0. The average Bonchev–Trinajstić information content (AvgIpc) is 3.02. The Bertz CT molecular complexity index is 892. The molecular formula is C20H19N3O2S. The summed E-state index contributed by atoms with van der Waals surface area (Å²) in [5.74, 6) is -0.320. The number of nitrogens with zero attached hydrogens (tertiary/aromatic N) is 1. The van der Waals surface area contributed by atoms with Crippen molar-refractivity contribution in [2.24, 2.45) is 0 Å². The number of nitrogens with one attached hydrogen (secondary N) is 2. The number of amides is 2. The normalized spacial score (nSPS) is 10.3. The Morgan fingerprint density at radius 1 is 1.00 bits per heavy atom. The van der Waals surface area contributed by atoms with E-state index in [-0.39, 0.29) is 18.2 Å². The molecule has 0 aliphatic heterocycles. The summed E-state index contributed by atoms with van der Waals surface area (Å²) in [4.78, 5) is 29.4. The fraction of sp³-hybridized carbons (Fsp3) is 0.150. The number of benzene rings is 2. The van der Waals surface area contributed by atoms with E-state index in [4.69, 9.17) is 0 Å². The second-order valence-corrected chi connectivity index (χ2v) is 6.87. The highest BCUT2D eigenvalue weighted by Crippen LogP contribution is 2.20. The van der Waals surface area contributed by atoms with E-state index in [0.717, 1.165) is 11.3 Å². The molecule has 0 spiro atoms. The molecule has 2 N–H and O–H groups in total. The van der Waals surface area contributed by atoms with Crippen LogP contribution in [0.5, 0.6) is 0 Å². The van der Waals surface area contributed by atoms with Crippen LogP contribution in [0.2, 0.25) is 0 Å². The maximum atomic E-state index is 12.4. The average molecular weight is 365 g/mol. The van der Waals surface area contributed by atoms with Gasteiger partial charge < -0.3 is 10.6 Å². The van der Waals surface area contributed by atoms with Gasteiger partial charge in [0.1, 0.15) is 9.88 Å². The third kappa shape index (κ3) is 4.77. The third-order valence-corrected chi connectivity index (χ3v) is 4.88. The van der Waals surface area contributed by atoms with E-state index in [1.165, 1.54) is 11.3 Å². The molecule has 2 amide bonds. The summed E-state index contributed by atoms with van der Waals surface area (Å²) in [6.07, 6.45) is 0.164. The van der Waals surface area contributed by atoms with Gasteiger partial charge in [-0.1, -0.05) is 48.5 Å². The van der Waals surface area contributed by atoms with Crippen LogP contribution < -0.4 is 10.6 Å². The van der Waals surface area contributed by atoms with E-state index < -0.39 is 0 Å². The zero-order valence-corrected chi connectivity index (χ0v) is 15.2. The fourth-order valence-electron chi connectivity index (χ4n) is 2.44. The number of anilines is 1. The van der Waals surface area contributed by atoms with E-state index in [2.05, 4.69) is 15.6 Å². The standard InChI is InChI=1S/C20H19N3O2S/c1-14-19(20(25)23-16-10-6-3-7-11-16)26-18(22-14)12-17(24)21-13-15-8-4-2-5-9-15/h2-11H,12-13H2,1H3,(H,21,24)(H,23,25). The first-order valence-electron chi connectivity index (χ1n) is 8.25. The number of carbonyl (C=O) groups excluding carboxylic acids is 2. The quantitative estimate of drug-likeness (QED) is 0.702. The van der Waals surface area contributed by atoms with Crippen molar-refractivity contribution in [1.82, 2.24) is 10.3 Å². The zero-order chi connectivity index (χ0) is 18.4. The van der Waals surface area contributed by atoms with Crippen molar-refractivity contribution in [1.29, 1.82) is 0 Å². The van der Waals surface area contributed by atoms with Gasteiger partial charge in [0.05, 0.1) is 12.1 Å². The van der Waals surface area contributed by atoms with E-state index in [1.54, 1.807) is 6.92 Å². The van der Waals surface area contributed by atoms with Crippen molar-refractivity contribution >= 4 is 28.8 Å². The van der Waals surface area contributed by atoms with Crippen molar-refractivity contribution in [3.8, 4) is 0 Å². The number of hydrogen-bond donors (Lipinski definition) is 2. The Morgan fingerprint density at radius 3 is 2.35 bits per heavy atom. The molecule has 0 saturated carbocycles. The van der Waals surface area contributed by atoms with Crippen molar-refractivity contribution < 1.29 is 9.59 Å². The Hall–Kier alpha value is -2.99. The molecule has 0 aliphatic rings. The molecule has 0 fully saturated rings. The van der Waals surface area contributed by atoms with Crippen LogP contribution in [-0.2, 0) is 17.8 Å². The molecule has 3 rings (SSSR count). The summed E-state index contributed by atoms with van der Waals surface area (Å²) in [6, 6.07) is 19.0. The highest BCUT2D eigenvalue weighted by atomic mass is 32.1. The number of aromatic nitrogens is 1. The predicted molar refractivity (Wildman–Crippen MR) is 103 cm³/mol. The molecule has 0 unspecified atom stereocenters. The first-order valence-corrected chi connectivity index (χ1v) is 9.07. The summed E-state index contributed by atoms with van der Waals surface area (Å²) in [6.45, 7) is 2.26. The number of carbonyl (C=O) groups is 2. The zero-order valence-electron chi connectivity index (χ0n) is 14.4. The van der Waals surface area contributed by atoms with Crippen molar-refractivity contribution in [3.63, 3.8) is 0 Å². The lowest BCUT2D eigenvalue weighted by Gasteiger charge is -2.04. The molecule has 0 radical (unpaired) electrons. The number of hydrogen-bond acceptors (Lipinski definition) is 4. The molecule has 0 aliphatic carbocycles. The van der Waals surface area contributed by atoms with Crippen LogP contribution in [-0.4, -0.2) is 16.8 Å². The lowest BCUT2D eigenvalue weighted by molar-refractivity contribution is -0.120. The molecule has 26 heavy (non-hydrogen) atoms. The van der Waals surface area contributed by atoms with Crippen LogP contribution >= 0.6 is 11.3 Å². The summed E-state index contributed by atoms with van der Waals surface area (Å²) < 4.78 is 0. The van der Waals surface area contributed by atoms with Crippen molar-refractivity contribution in [2.45, 2.75) is 19.9 Å². The predicted octanol–water partition coefficient (Wildman–Crippen LogP) is 3.56. The fourth-order valence-corrected chi connectivity index (χ4v) is 3.40.